The summed E-state index contributed by atoms with van der Waals surface area (Å²) >= 11 is 0. The summed E-state index contributed by atoms with van der Waals surface area (Å²) in [4.78, 5) is 0. The zero-order chi connectivity index (χ0) is 15.4. The lowest BCUT2D eigenvalue weighted by Gasteiger charge is -2.12. The minimum absolute atomic E-state index is 0.00275. The molecule has 0 bridgehead atoms. The smallest absolute Gasteiger partial charge is 0.162 e. The normalized spacial score (nSPS) is 10.0. The van der Waals surface area contributed by atoms with E-state index in [2.05, 4.69) is 5.32 Å². The first-order chi connectivity index (χ1) is 10.1. The molecule has 6 heteroatoms. The highest BCUT2D eigenvalue weighted by Crippen LogP contribution is 2.30. The number of phenolic OH excluding ortho intramolecular Hbond substituents is 1. The van der Waals surface area contributed by atoms with Crippen LogP contribution in [-0.2, 0) is 6.54 Å². The molecule has 21 heavy (non-hydrogen) atoms. The average molecular weight is 290 g/mol. The number of benzene rings is 2. The summed E-state index contributed by atoms with van der Waals surface area (Å²) in [6.45, 7) is 0.00275. The molecule has 0 aromatic heterocycles. The molecular formula is C15H12F2N2O2. The summed E-state index contributed by atoms with van der Waals surface area (Å²) < 4.78 is 32.4. The second-order valence-electron chi connectivity index (χ2n) is 4.25. The Balaban J connectivity index is 2.23. The number of aromatic hydroxyl groups is 1. The van der Waals surface area contributed by atoms with E-state index >= 15 is 0 Å². The molecule has 0 heterocycles. The SMILES string of the molecule is COc1cccc(CNc2c(F)cc(C#N)cc2F)c1O. The van der Waals surface area contributed by atoms with Gasteiger partial charge >= 0.3 is 0 Å². The number of rotatable bonds is 4. The first kappa shape index (κ1) is 14.6. The third-order valence-electron chi connectivity index (χ3n) is 2.93. The fourth-order valence-electron chi connectivity index (χ4n) is 1.87. The van der Waals surface area contributed by atoms with E-state index < -0.39 is 11.6 Å². The van der Waals surface area contributed by atoms with Crippen LogP contribution in [0.15, 0.2) is 30.3 Å². The lowest BCUT2D eigenvalue weighted by molar-refractivity contribution is 0.371. The van der Waals surface area contributed by atoms with Crippen LogP contribution in [0.1, 0.15) is 11.1 Å². The standard InChI is InChI=1S/C15H12F2N2O2/c1-21-13-4-2-3-10(15(13)20)8-19-14-11(16)5-9(7-18)6-12(14)17/h2-6,19-20H,8H2,1H3. The maximum Gasteiger partial charge on any atom is 0.162 e. The second kappa shape index (κ2) is 6.09. The zero-order valence-corrected chi connectivity index (χ0v) is 11.2. The summed E-state index contributed by atoms with van der Waals surface area (Å²) in [6, 6.07) is 8.38. The predicted octanol–water partition coefficient (Wildman–Crippen LogP) is 3.16. The van der Waals surface area contributed by atoms with E-state index in [9.17, 15) is 13.9 Å². The van der Waals surface area contributed by atoms with Gasteiger partial charge in [-0.05, 0) is 18.2 Å². The first-order valence-electron chi connectivity index (χ1n) is 6.04. The molecule has 0 saturated heterocycles. The van der Waals surface area contributed by atoms with E-state index in [4.69, 9.17) is 10.00 Å². The maximum absolute atomic E-state index is 13.7. The molecule has 0 amide bonds. The van der Waals surface area contributed by atoms with Crippen molar-refractivity contribution >= 4 is 5.69 Å². The number of hydrogen-bond acceptors (Lipinski definition) is 4. The van der Waals surface area contributed by atoms with E-state index in [-0.39, 0.29) is 29.3 Å². The summed E-state index contributed by atoms with van der Waals surface area (Å²) in [5.41, 5.74) is -0.0199. The van der Waals surface area contributed by atoms with Crippen LogP contribution in [-0.4, -0.2) is 12.2 Å². The van der Waals surface area contributed by atoms with Crippen LogP contribution in [0.5, 0.6) is 11.5 Å². The topological polar surface area (TPSA) is 65.3 Å². The van der Waals surface area contributed by atoms with Crippen LogP contribution in [0.2, 0.25) is 0 Å². The van der Waals surface area contributed by atoms with Gasteiger partial charge in [-0.1, -0.05) is 12.1 Å². The van der Waals surface area contributed by atoms with E-state index in [1.807, 2.05) is 0 Å². The quantitative estimate of drug-likeness (QED) is 0.907. The van der Waals surface area contributed by atoms with Crippen molar-refractivity contribution in [2.45, 2.75) is 6.54 Å². The van der Waals surface area contributed by atoms with Crippen LogP contribution in [0.25, 0.3) is 0 Å². The van der Waals surface area contributed by atoms with Gasteiger partial charge in [0.1, 0.15) is 5.69 Å². The van der Waals surface area contributed by atoms with Crippen LogP contribution in [0.4, 0.5) is 14.5 Å². The van der Waals surface area contributed by atoms with Crippen LogP contribution >= 0.6 is 0 Å². The molecular weight excluding hydrogens is 278 g/mol. The molecule has 2 aromatic carbocycles. The molecule has 4 nitrogen and oxygen atoms in total. The van der Waals surface area contributed by atoms with E-state index in [0.29, 0.717) is 5.56 Å². The van der Waals surface area contributed by atoms with Gasteiger partial charge < -0.3 is 15.2 Å². The van der Waals surface area contributed by atoms with Crippen molar-refractivity contribution in [3.05, 3.63) is 53.1 Å². The largest absolute Gasteiger partial charge is 0.504 e. The molecule has 2 N–H and O–H groups in total. The number of halogens is 2. The number of nitrogens with one attached hydrogen (secondary N) is 1. The molecule has 108 valence electrons. The van der Waals surface area contributed by atoms with Crippen molar-refractivity contribution in [2.24, 2.45) is 0 Å². The summed E-state index contributed by atoms with van der Waals surface area (Å²) in [6.07, 6.45) is 0. The van der Waals surface area contributed by atoms with Gasteiger partial charge in [0, 0.05) is 12.1 Å². The van der Waals surface area contributed by atoms with Crippen LogP contribution in [0.3, 0.4) is 0 Å². The first-order valence-corrected chi connectivity index (χ1v) is 6.04. The van der Waals surface area contributed by atoms with Crippen molar-refractivity contribution in [2.75, 3.05) is 12.4 Å². The minimum Gasteiger partial charge on any atom is -0.504 e. The highest BCUT2D eigenvalue weighted by atomic mass is 19.1. The molecule has 0 radical (unpaired) electrons. The van der Waals surface area contributed by atoms with Gasteiger partial charge in [0.25, 0.3) is 0 Å². The van der Waals surface area contributed by atoms with Gasteiger partial charge in [-0.2, -0.15) is 5.26 Å². The van der Waals surface area contributed by atoms with E-state index in [1.54, 1.807) is 24.3 Å². The third kappa shape index (κ3) is 3.03. The van der Waals surface area contributed by atoms with Gasteiger partial charge in [-0.15, -0.1) is 0 Å². The van der Waals surface area contributed by atoms with Gasteiger partial charge in [-0.25, -0.2) is 8.78 Å². The Bertz CT molecular complexity index is 688. The fraction of sp³-hybridized carbons (Fsp3) is 0.133. The van der Waals surface area contributed by atoms with Crippen molar-refractivity contribution in [1.29, 1.82) is 5.26 Å². The van der Waals surface area contributed by atoms with E-state index in [1.165, 1.54) is 7.11 Å². The number of ether oxygens (including phenoxy) is 1. The molecule has 0 aliphatic heterocycles. The Kier molecular flexibility index (Phi) is 4.24. The average Bonchev–Trinajstić information content (AvgIpc) is 2.47. The molecule has 0 aliphatic rings. The Labute approximate surface area is 120 Å². The molecule has 0 aliphatic carbocycles. The Morgan fingerprint density at radius 3 is 2.52 bits per heavy atom. The Morgan fingerprint density at radius 2 is 1.95 bits per heavy atom. The van der Waals surface area contributed by atoms with Gasteiger partial charge in [0.05, 0.1) is 18.7 Å². The lowest BCUT2D eigenvalue weighted by Crippen LogP contribution is -2.05. The second-order valence-corrected chi connectivity index (χ2v) is 4.25. The van der Waals surface area contributed by atoms with Crippen LogP contribution < -0.4 is 10.1 Å². The van der Waals surface area contributed by atoms with Gasteiger partial charge in [0.2, 0.25) is 0 Å². The molecule has 0 atom stereocenters. The van der Waals surface area contributed by atoms with Crippen LogP contribution in [0, 0.1) is 23.0 Å². The monoisotopic (exact) mass is 290 g/mol. The van der Waals surface area contributed by atoms with E-state index in [0.717, 1.165) is 12.1 Å². The number of phenols is 1. The molecule has 0 fully saturated rings. The van der Waals surface area contributed by atoms with Gasteiger partial charge in [-0.3, -0.25) is 0 Å². The molecule has 2 aromatic rings. The molecule has 0 spiro atoms. The van der Waals surface area contributed by atoms with Gasteiger partial charge in [0.15, 0.2) is 23.1 Å². The Hall–Kier alpha value is -2.81. The lowest BCUT2D eigenvalue weighted by atomic mass is 10.1. The number of nitrogens with zero attached hydrogens (tertiary/aromatic N) is 1. The number of hydrogen-bond donors (Lipinski definition) is 2. The van der Waals surface area contributed by atoms with Crippen molar-refractivity contribution in [1.82, 2.24) is 0 Å². The minimum atomic E-state index is -0.867. The van der Waals surface area contributed by atoms with Crippen molar-refractivity contribution < 1.29 is 18.6 Å². The number of anilines is 1. The molecule has 2 rings (SSSR count). The fourth-order valence-corrected chi connectivity index (χ4v) is 1.87. The Morgan fingerprint density at radius 1 is 1.29 bits per heavy atom. The highest BCUT2D eigenvalue weighted by Gasteiger charge is 2.13. The van der Waals surface area contributed by atoms with Crippen molar-refractivity contribution in [3.63, 3.8) is 0 Å². The summed E-state index contributed by atoms with van der Waals surface area (Å²) in [7, 11) is 1.41. The predicted molar refractivity (Wildman–Crippen MR) is 73.1 cm³/mol. The number of nitriles is 1. The molecule has 0 saturated carbocycles. The number of para-hydroxylation sites is 1. The number of methoxy groups -OCH3 is 1. The highest BCUT2D eigenvalue weighted by molar-refractivity contribution is 5.52. The summed E-state index contributed by atoms with van der Waals surface area (Å²) in [5.74, 6) is -1.56. The maximum atomic E-state index is 13.7. The molecule has 0 unspecified atom stereocenters. The summed E-state index contributed by atoms with van der Waals surface area (Å²) in [5, 5.41) is 21.1. The zero-order valence-electron chi connectivity index (χ0n) is 11.2. The van der Waals surface area contributed by atoms with Crippen molar-refractivity contribution in [3.8, 4) is 17.6 Å². The third-order valence-corrected chi connectivity index (χ3v) is 2.93.